The van der Waals surface area contributed by atoms with Gasteiger partial charge in [0.1, 0.15) is 5.75 Å². The van der Waals surface area contributed by atoms with E-state index in [1.165, 1.54) is 7.05 Å². The van der Waals surface area contributed by atoms with Crippen molar-refractivity contribution in [2.45, 2.75) is 6.54 Å². The maximum absolute atomic E-state index is 13.6. The first-order valence-corrected chi connectivity index (χ1v) is 7.95. The fraction of sp³-hybridized carbons (Fsp3) is 0.222. The number of carbonyl (C=O) groups is 1. The summed E-state index contributed by atoms with van der Waals surface area (Å²) in [5.41, 5.74) is 0.522. The van der Waals surface area contributed by atoms with Crippen LogP contribution in [-0.4, -0.2) is 32.6 Å². The molecule has 2 rings (SSSR count). The standard InChI is InChI=1S/C18H19F3N4O2/c1-22-18(23-9-11-3-5-12(27-2)6-4-11)24-10-15(26)25-14-8-7-13(19)16(20)17(14)21/h3-8H,9-10H2,1-2H3,(H,25,26)(H2,22,23,24). The molecule has 0 heterocycles. The monoisotopic (exact) mass is 380 g/mol. The number of ether oxygens (including phenoxy) is 1. The molecule has 0 aliphatic carbocycles. The van der Waals surface area contributed by atoms with Gasteiger partial charge in [0.2, 0.25) is 5.91 Å². The van der Waals surface area contributed by atoms with Crippen molar-refractivity contribution in [3.63, 3.8) is 0 Å². The second-order valence-corrected chi connectivity index (χ2v) is 5.40. The van der Waals surface area contributed by atoms with Gasteiger partial charge in [0.25, 0.3) is 0 Å². The van der Waals surface area contributed by atoms with Crippen LogP contribution < -0.4 is 20.7 Å². The van der Waals surface area contributed by atoms with Crippen LogP contribution in [0.15, 0.2) is 41.4 Å². The van der Waals surface area contributed by atoms with Crippen molar-refractivity contribution in [2.24, 2.45) is 4.99 Å². The Morgan fingerprint density at radius 1 is 1.04 bits per heavy atom. The Bertz CT molecular complexity index is 826. The number of halogens is 3. The van der Waals surface area contributed by atoms with Gasteiger partial charge in [-0.3, -0.25) is 9.79 Å². The summed E-state index contributed by atoms with van der Waals surface area (Å²) >= 11 is 0. The van der Waals surface area contributed by atoms with Gasteiger partial charge < -0.3 is 20.7 Å². The lowest BCUT2D eigenvalue weighted by atomic mass is 10.2. The van der Waals surface area contributed by atoms with Gasteiger partial charge in [0.05, 0.1) is 19.3 Å². The van der Waals surface area contributed by atoms with Crippen molar-refractivity contribution in [3.8, 4) is 5.75 Å². The Morgan fingerprint density at radius 2 is 1.74 bits per heavy atom. The van der Waals surface area contributed by atoms with Crippen LogP contribution in [-0.2, 0) is 11.3 Å². The first-order valence-electron chi connectivity index (χ1n) is 7.95. The molecule has 2 aromatic carbocycles. The molecule has 144 valence electrons. The summed E-state index contributed by atoms with van der Waals surface area (Å²) in [6.45, 7) is 0.198. The molecular weight excluding hydrogens is 361 g/mol. The predicted octanol–water partition coefficient (Wildman–Crippen LogP) is 2.42. The minimum absolute atomic E-state index is 0.249. The van der Waals surface area contributed by atoms with Crippen LogP contribution in [0.25, 0.3) is 0 Å². The average molecular weight is 380 g/mol. The summed E-state index contributed by atoms with van der Waals surface area (Å²) in [7, 11) is 3.10. The summed E-state index contributed by atoms with van der Waals surface area (Å²) in [6, 6.07) is 9.06. The Morgan fingerprint density at radius 3 is 2.37 bits per heavy atom. The molecule has 0 radical (unpaired) electrons. The van der Waals surface area contributed by atoms with E-state index in [2.05, 4.69) is 20.9 Å². The highest BCUT2D eigenvalue weighted by Gasteiger charge is 2.15. The summed E-state index contributed by atoms with van der Waals surface area (Å²) in [4.78, 5) is 15.8. The van der Waals surface area contributed by atoms with E-state index in [0.717, 1.165) is 23.4 Å². The number of aliphatic imine (C=N–C) groups is 1. The molecule has 0 unspecified atom stereocenters. The third kappa shape index (κ3) is 5.63. The van der Waals surface area contributed by atoms with E-state index >= 15 is 0 Å². The number of guanidine groups is 1. The fourth-order valence-electron chi connectivity index (χ4n) is 2.13. The zero-order valence-electron chi connectivity index (χ0n) is 14.8. The largest absolute Gasteiger partial charge is 0.497 e. The molecule has 3 N–H and O–H groups in total. The van der Waals surface area contributed by atoms with E-state index in [0.29, 0.717) is 12.5 Å². The van der Waals surface area contributed by atoms with Gasteiger partial charge >= 0.3 is 0 Å². The van der Waals surface area contributed by atoms with Gasteiger partial charge in [-0.25, -0.2) is 13.2 Å². The Hall–Kier alpha value is -3.23. The van der Waals surface area contributed by atoms with E-state index in [-0.39, 0.29) is 6.54 Å². The van der Waals surface area contributed by atoms with Gasteiger partial charge in [0.15, 0.2) is 23.4 Å². The Labute approximate surface area is 154 Å². The number of hydrogen-bond donors (Lipinski definition) is 3. The van der Waals surface area contributed by atoms with E-state index < -0.39 is 29.0 Å². The first kappa shape index (κ1) is 20.1. The number of nitrogens with one attached hydrogen (secondary N) is 3. The van der Waals surface area contributed by atoms with Crippen molar-refractivity contribution >= 4 is 17.6 Å². The summed E-state index contributed by atoms with van der Waals surface area (Å²) in [5, 5.41) is 7.91. The second-order valence-electron chi connectivity index (χ2n) is 5.40. The molecule has 0 bridgehead atoms. The van der Waals surface area contributed by atoms with E-state index in [1.54, 1.807) is 7.11 Å². The van der Waals surface area contributed by atoms with Crippen LogP contribution in [0.1, 0.15) is 5.56 Å². The summed E-state index contributed by atoms with van der Waals surface area (Å²) in [5.74, 6) is -3.99. The number of hydrogen-bond acceptors (Lipinski definition) is 3. The fourth-order valence-corrected chi connectivity index (χ4v) is 2.13. The third-order valence-electron chi connectivity index (χ3n) is 3.57. The molecule has 0 aliphatic rings. The molecule has 9 heteroatoms. The van der Waals surface area contributed by atoms with Crippen molar-refractivity contribution in [3.05, 3.63) is 59.4 Å². The lowest BCUT2D eigenvalue weighted by molar-refractivity contribution is -0.115. The van der Waals surface area contributed by atoms with Crippen LogP contribution in [0.2, 0.25) is 0 Å². The van der Waals surface area contributed by atoms with Crippen molar-refractivity contribution in [1.82, 2.24) is 10.6 Å². The lowest BCUT2D eigenvalue weighted by Crippen LogP contribution is -2.41. The Balaban J connectivity index is 1.84. The third-order valence-corrected chi connectivity index (χ3v) is 3.57. The van der Waals surface area contributed by atoms with Gasteiger partial charge in [-0.05, 0) is 29.8 Å². The topological polar surface area (TPSA) is 74.8 Å². The maximum atomic E-state index is 13.6. The molecule has 0 saturated carbocycles. The highest BCUT2D eigenvalue weighted by Crippen LogP contribution is 2.19. The zero-order chi connectivity index (χ0) is 19.8. The molecule has 6 nitrogen and oxygen atoms in total. The SMILES string of the molecule is CN=C(NCC(=O)Nc1ccc(F)c(F)c1F)NCc1ccc(OC)cc1. The molecule has 0 atom stereocenters. The molecule has 2 aromatic rings. The molecule has 0 saturated heterocycles. The summed E-state index contributed by atoms with van der Waals surface area (Å²) in [6.07, 6.45) is 0. The van der Waals surface area contributed by atoms with Crippen molar-refractivity contribution < 1.29 is 22.7 Å². The highest BCUT2D eigenvalue weighted by atomic mass is 19.2. The minimum Gasteiger partial charge on any atom is -0.497 e. The van der Waals surface area contributed by atoms with Gasteiger partial charge in [-0.15, -0.1) is 0 Å². The summed E-state index contributed by atoms with van der Waals surface area (Å²) < 4.78 is 44.7. The number of amides is 1. The average Bonchev–Trinajstić information content (AvgIpc) is 2.69. The van der Waals surface area contributed by atoms with Crippen molar-refractivity contribution in [2.75, 3.05) is 26.0 Å². The number of anilines is 1. The number of benzene rings is 2. The number of nitrogens with zero attached hydrogens (tertiary/aromatic N) is 1. The highest BCUT2D eigenvalue weighted by molar-refractivity contribution is 5.95. The first-order chi connectivity index (χ1) is 12.9. The Kier molecular flexibility index (Phi) is 7.04. The molecule has 27 heavy (non-hydrogen) atoms. The lowest BCUT2D eigenvalue weighted by Gasteiger charge is -2.13. The molecule has 0 fully saturated rings. The zero-order valence-corrected chi connectivity index (χ0v) is 14.8. The van der Waals surface area contributed by atoms with Crippen LogP contribution >= 0.6 is 0 Å². The van der Waals surface area contributed by atoms with Crippen LogP contribution in [0, 0.1) is 17.5 Å². The van der Waals surface area contributed by atoms with Gasteiger partial charge in [-0.1, -0.05) is 12.1 Å². The van der Waals surface area contributed by atoms with E-state index in [4.69, 9.17) is 4.74 Å². The van der Waals surface area contributed by atoms with Crippen LogP contribution in [0.3, 0.4) is 0 Å². The van der Waals surface area contributed by atoms with E-state index in [1.807, 2.05) is 24.3 Å². The van der Waals surface area contributed by atoms with Crippen LogP contribution in [0.5, 0.6) is 5.75 Å². The van der Waals surface area contributed by atoms with Gasteiger partial charge in [0, 0.05) is 13.6 Å². The minimum atomic E-state index is -1.64. The molecule has 0 aliphatic heterocycles. The predicted molar refractivity (Wildman–Crippen MR) is 96.1 cm³/mol. The van der Waals surface area contributed by atoms with Crippen LogP contribution in [0.4, 0.5) is 18.9 Å². The quantitative estimate of drug-likeness (QED) is 0.409. The maximum Gasteiger partial charge on any atom is 0.243 e. The molecule has 1 amide bonds. The molecule has 0 spiro atoms. The van der Waals surface area contributed by atoms with Gasteiger partial charge in [-0.2, -0.15) is 0 Å². The molecular formula is C18H19F3N4O2. The second kappa shape index (κ2) is 9.46. The van der Waals surface area contributed by atoms with E-state index in [9.17, 15) is 18.0 Å². The van der Waals surface area contributed by atoms with Crippen molar-refractivity contribution in [1.29, 1.82) is 0 Å². The molecule has 0 aromatic heterocycles. The number of rotatable bonds is 6. The smallest absolute Gasteiger partial charge is 0.243 e. The number of methoxy groups -OCH3 is 1. The normalized spacial score (nSPS) is 11.1. The number of carbonyl (C=O) groups excluding carboxylic acids is 1.